The first-order chi connectivity index (χ1) is 9.97. The standard InChI is InChI=1S/C18H26BrNO/c1-13(2)18(21)17(15-4-6-16(19)7-5-15)12-20-10-8-14(3)9-11-20/h4-7,13-14,17H,8-12H2,1-3H3/t17-/m1/s1. The monoisotopic (exact) mass is 351 g/mol. The summed E-state index contributed by atoms with van der Waals surface area (Å²) in [6.45, 7) is 9.45. The Kier molecular flexibility index (Phi) is 6.00. The van der Waals surface area contributed by atoms with Crippen molar-refractivity contribution >= 4 is 21.7 Å². The van der Waals surface area contributed by atoms with Gasteiger partial charge in [-0.1, -0.05) is 48.8 Å². The van der Waals surface area contributed by atoms with Crippen LogP contribution in [0.3, 0.4) is 0 Å². The van der Waals surface area contributed by atoms with Gasteiger partial charge in [-0.3, -0.25) is 4.79 Å². The fourth-order valence-corrected chi connectivity index (χ4v) is 3.22. The third kappa shape index (κ3) is 4.65. The third-order valence-electron chi connectivity index (χ3n) is 4.50. The quantitative estimate of drug-likeness (QED) is 0.778. The van der Waals surface area contributed by atoms with Gasteiger partial charge in [-0.05, 0) is 49.5 Å². The average molecular weight is 352 g/mol. The second-order valence-electron chi connectivity index (χ2n) is 6.64. The number of ketones is 1. The highest BCUT2D eigenvalue weighted by atomic mass is 79.9. The lowest BCUT2D eigenvalue weighted by Gasteiger charge is -2.33. The minimum absolute atomic E-state index is 0.00602. The summed E-state index contributed by atoms with van der Waals surface area (Å²) in [7, 11) is 0. The van der Waals surface area contributed by atoms with E-state index in [9.17, 15) is 4.79 Å². The van der Waals surface area contributed by atoms with Gasteiger partial charge in [-0.2, -0.15) is 0 Å². The van der Waals surface area contributed by atoms with Crippen molar-refractivity contribution in [2.45, 2.75) is 39.5 Å². The Balaban J connectivity index is 2.12. The number of rotatable bonds is 5. The van der Waals surface area contributed by atoms with Crippen molar-refractivity contribution in [1.82, 2.24) is 4.90 Å². The zero-order valence-electron chi connectivity index (χ0n) is 13.3. The predicted octanol–water partition coefficient (Wildman–Crippen LogP) is 4.49. The maximum atomic E-state index is 12.6. The normalized spacial score (nSPS) is 18.9. The number of hydrogen-bond acceptors (Lipinski definition) is 2. The zero-order chi connectivity index (χ0) is 15.4. The Morgan fingerprint density at radius 2 is 1.81 bits per heavy atom. The molecule has 1 aliphatic rings. The molecule has 21 heavy (non-hydrogen) atoms. The Labute approximate surface area is 137 Å². The van der Waals surface area contributed by atoms with Gasteiger partial charge in [0.05, 0.1) is 5.92 Å². The highest BCUT2D eigenvalue weighted by Crippen LogP contribution is 2.26. The Hall–Kier alpha value is -0.670. The minimum Gasteiger partial charge on any atom is -0.302 e. The van der Waals surface area contributed by atoms with Crippen LogP contribution in [0, 0.1) is 11.8 Å². The van der Waals surface area contributed by atoms with E-state index in [-0.39, 0.29) is 11.8 Å². The van der Waals surface area contributed by atoms with Gasteiger partial charge in [0.15, 0.2) is 0 Å². The lowest BCUT2D eigenvalue weighted by atomic mass is 9.87. The summed E-state index contributed by atoms with van der Waals surface area (Å²) >= 11 is 3.47. The van der Waals surface area contributed by atoms with E-state index in [2.05, 4.69) is 39.9 Å². The lowest BCUT2D eigenvalue weighted by molar-refractivity contribution is -0.123. The molecule has 1 atom stereocenters. The van der Waals surface area contributed by atoms with Crippen molar-refractivity contribution in [2.75, 3.05) is 19.6 Å². The summed E-state index contributed by atoms with van der Waals surface area (Å²) in [6.07, 6.45) is 2.51. The summed E-state index contributed by atoms with van der Waals surface area (Å²) in [5.41, 5.74) is 1.15. The molecule has 3 heteroatoms. The predicted molar refractivity (Wildman–Crippen MR) is 91.6 cm³/mol. The van der Waals surface area contributed by atoms with Gasteiger partial charge in [-0.25, -0.2) is 0 Å². The topological polar surface area (TPSA) is 20.3 Å². The van der Waals surface area contributed by atoms with Gasteiger partial charge in [0.2, 0.25) is 0 Å². The molecule has 0 saturated carbocycles. The summed E-state index contributed by atoms with van der Waals surface area (Å²) in [5, 5.41) is 0. The van der Waals surface area contributed by atoms with Crippen LogP contribution >= 0.6 is 15.9 Å². The first kappa shape index (κ1) is 16.7. The molecule has 2 nitrogen and oxygen atoms in total. The number of piperidine rings is 1. The van der Waals surface area contributed by atoms with Gasteiger partial charge in [-0.15, -0.1) is 0 Å². The number of carbonyl (C=O) groups excluding carboxylic acids is 1. The Bertz CT molecular complexity index is 461. The number of benzene rings is 1. The van der Waals surface area contributed by atoms with Crippen LogP contribution in [-0.4, -0.2) is 30.3 Å². The van der Waals surface area contributed by atoms with Gasteiger partial charge < -0.3 is 4.90 Å². The fraction of sp³-hybridized carbons (Fsp3) is 0.611. The second kappa shape index (κ2) is 7.55. The van der Waals surface area contributed by atoms with Gasteiger partial charge >= 0.3 is 0 Å². The highest BCUT2D eigenvalue weighted by Gasteiger charge is 2.27. The summed E-state index contributed by atoms with van der Waals surface area (Å²) in [5.74, 6) is 1.28. The molecular formula is C18H26BrNO. The van der Waals surface area contributed by atoms with E-state index in [4.69, 9.17) is 0 Å². The van der Waals surface area contributed by atoms with E-state index in [1.165, 1.54) is 12.8 Å². The maximum Gasteiger partial charge on any atom is 0.144 e. The Morgan fingerprint density at radius 3 is 2.33 bits per heavy atom. The molecule has 1 aliphatic heterocycles. The molecule has 1 aromatic carbocycles. The maximum absolute atomic E-state index is 12.6. The number of carbonyl (C=O) groups is 1. The van der Waals surface area contributed by atoms with Crippen molar-refractivity contribution < 1.29 is 4.79 Å². The Morgan fingerprint density at radius 1 is 1.24 bits per heavy atom. The molecule has 0 bridgehead atoms. The van der Waals surface area contributed by atoms with E-state index < -0.39 is 0 Å². The van der Waals surface area contributed by atoms with Crippen LogP contribution in [-0.2, 0) is 4.79 Å². The number of nitrogens with zero attached hydrogens (tertiary/aromatic N) is 1. The van der Waals surface area contributed by atoms with Gasteiger partial charge in [0, 0.05) is 16.9 Å². The molecule has 1 aromatic rings. The number of halogens is 1. The lowest BCUT2D eigenvalue weighted by Crippen LogP contribution is -2.38. The fourth-order valence-electron chi connectivity index (χ4n) is 2.96. The summed E-state index contributed by atoms with van der Waals surface area (Å²) < 4.78 is 1.06. The highest BCUT2D eigenvalue weighted by molar-refractivity contribution is 9.10. The molecule has 116 valence electrons. The van der Waals surface area contributed by atoms with Crippen LogP contribution in [0.5, 0.6) is 0 Å². The van der Waals surface area contributed by atoms with Crippen molar-refractivity contribution in [3.63, 3.8) is 0 Å². The SMILES string of the molecule is CC1CCN(C[C@@H](C(=O)C(C)C)c2ccc(Br)cc2)CC1. The molecular weight excluding hydrogens is 326 g/mol. The molecule has 1 heterocycles. The van der Waals surface area contributed by atoms with Crippen molar-refractivity contribution in [3.05, 3.63) is 34.3 Å². The van der Waals surface area contributed by atoms with Crippen molar-refractivity contribution in [1.29, 1.82) is 0 Å². The molecule has 0 spiro atoms. The minimum atomic E-state index is 0.00602. The van der Waals surface area contributed by atoms with E-state index in [0.717, 1.165) is 35.6 Å². The first-order valence-electron chi connectivity index (χ1n) is 7.99. The first-order valence-corrected chi connectivity index (χ1v) is 8.78. The molecule has 0 aromatic heterocycles. The van der Waals surface area contributed by atoms with Crippen molar-refractivity contribution in [2.24, 2.45) is 11.8 Å². The van der Waals surface area contributed by atoms with Gasteiger partial charge in [0.1, 0.15) is 5.78 Å². The van der Waals surface area contributed by atoms with E-state index in [1.807, 2.05) is 26.0 Å². The molecule has 0 amide bonds. The molecule has 1 saturated heterocycles. The van der Waals surface area contributed by atoms with Crippen LogP contribution in [0.15, 0.2) is 28.7 Å². The van der Waals surface area contributed by atoms with Crippen LogP contribution in [0.1, 0.15) is 45.1 Å². The summed E-state index contributed by atoms with van der Waals surface area (Å²) in [4.78, 5) is 15.1. The second-order valence-corrected chi connectivity index (χ2v) is 7.56. The average Bonchev–Trinajstić information content (AvgIpc) is 2.47. The zero-order valence-corrected chi connectivity index (χ0v) is 14.9. The molecule has 0 N–H and O–H groups in total. The number of hydrogen-bond donors (Lipinski definition) is 0. The molecule has 2 rings (SSSR count). The third-order valence-corrected chi connectivity index (χ3v) is 5.03. The van der Waals surface area contributed by atoms with E-state index in [0.29, 0.717) is 5.78 Å². The van der Waals surface area contributed by atoms with Crippen LogP contribution < -0.4 is 0 Å². The summed E-state index contributed by atoms with van der Waals surface area (Å²) in [6, 6.07) is 8.24. The van der Waals surface area contributed by atoms with Crippen LogP contribution in [0.2, 0.25) is 0 Å². The van der Waals surface area contributed by atoms with Crippen LogP contribution in [0.4, 0.5) is 0 Å². The van der Waals surface area contributed by atoms with Crippen LogP contribution in [0.25, 0.3) is 0 Å². The molecule has 0 radical (unpaired) electrons. The molecule has 1 fully saturated rings. The molecule has 0 unspecified atom stereocenters. The number of Topliss-reactive ketones (excluding diaryl/α,β-unsaturated/α-hetero) is 1. The molecule has 0 aliphatic carbocycles. The van der Waals surface area contributed by atoms with Gasteiger partial charge in [0.25, 0.3) is 0 Å². The van der Waals surface area contributed by atoms with E-state index in [1.54, 1.807) is 0 Å². The van der Waals surface area contributed by atoms with Crippen molar-refractivity contribution in [3.8, 4) is 0 Å². The van der Waals surface area contributed by atoms with E-state index >= 15 is 0 Å². The number of likely N-dealkylation sites (tertiary alicyclic amines) is 1. The largest absolute Gasteiger partial charge is 0.302 e. The smallest absolute Gasteiger partial charge is 0.144 e.